The molecule has 1 aromatic rings. The average Bonchev–Trinajstić information content (AvgIpc) is 2.50. The van der Waals surface area contributed by atoms with E-state index in [0.29, 0.717) is 19.8 Å². The summed E-state index contributed by atoms with van der Waals surface area (Å²) in [6.07, 6.45) is 6.32. The molecule has 1 saturated carbocycles. The minimum atomic E-state index is -0.444. The van der Waals surface area contributed by atoms with Gasteiger partial charge in [0.15, 0.2) is 0 Å². The number of rotatable bonds is 8. The third-order valence-corrected chi connectivity index (χ3v) is 4.28. The van der Waals surface area contributed by atoms with Gasteiger partial charge in [-0.05, 0) is 43.0 Å². The van der Waals surface area contributed by atoms with Gasteiger partial charge in [0, 0.05) is 11.6 Å². The molecule has 0 aliphatic heterocycles. The highest BCUT2D eigenvalue weighted by atomic mass is 35.5. The van der Waals surface area contributed by atoms with Crippen LogP contribution >= 0.6 is 11.6 Å². The number of hydrogen-bond acceptors (Lipinski definition) is 3. The molecule has 118 valence electrons. The van der Waals surface area contributed by atoms with Gasteiger partial charge < -0.3 is 15.2 Å². The van der Waals surface area contributed by atoms with Crippen LogP contribution in [0.5, 0.6) is 0 Å². The zero-order valence-electron chi connectivity index (χ0n) is 12.6. The van der Waals surface area contributed by atoms with E-state index in [-0.39, 0.29) is 0 Å². The molecular weight excluding hydrogens is 286 g/mol. The normalized spacial score (nSPS) is 17.8. The maximum Gasteiger partial charge on any atom is 0.0897 e. The molecule has 1 aromatic carbocycles. The number of ether oxygens (including phenoxy) is 1. The van der Waals surface area contributed by atoms with Gasteiger partial charge in [0.25, 0.3) is 0 Å². The molecule has 1 aliphatic carbocycles. The molecule has 1 fully saturated rings. The number of aliphatic hydroxyl groups is 1. The van der Waals surface area contributed by atoms with Crippen LogP contribution in [0.3, 0.4) is 0 Å². The molecule has 21 heavy (non-hydrogen) atoms. The van der Waals surface area contributed by atoms with Gasteiger partial charge in [0.1, 0.15) is 0 Å². The molecule has 0 aromatic heterocycles. The summed E-state index contributed by atoms with van der Waals surface area (Å²) in [7, 11) is 0. The summed E-state index contributed by atoms with van der Waals surface area (Å²) in [5.41, 5.74) is 1.07. The summed E-state index contributed by atoms with van der Waals surface area (Å²) in [6.45, 7) is 2.50. The highest BCUT2D eigenvalue weighted by Crippen LogP contribution is 2.22. The van der Waals surface area contributed by atoms with Crippen molar-refractivity contribution < 1.29 is 9.84 Å². The monoisotopic (exact) mass is 311 g/mol. The Morgan fingerprint density at radius 2 is 1.90 bits per heavy atom. The van der Waals surface area contributed by atoms with E-state index in [2.05, 4.69) is 5.32 Å². The van der Waals surface area contributed by atoms with Crippen LogP contribution in [-0.2, 0) is 11.3 Å². The van der Waals surface area contributed by atoms with Crippen molar-refractivity contribution in [1.29, 1.82) is 0 Å². The van der Waals surface area contributed by atoms with Crippen LogP contribution in [0.25, 0.3) is 0 Å². The molecule has 0 amide bonds. The lowest BCUT2D eigenvalue weighted by Crippen LogP contribution is -2.34. The first-order valence-corrected chi connectivity index (χ1v) is 8.33. The SMILES string of the molecule is OC(CNCC1CCCCC1)COCc1ccc(Cl)cc1. The molecule has 2 N–H and O–H groups in total. The quantitative estimate of drug-likeness (QED) is 0.773. The summed E-state index contributed by atoms with van der Waals surface area (Å²) < 4.78 is 5.53. The molecule has 0 bridgehead atoms. The van der Waals surface area contributed by atoms with E-state index in [1.807, 2.05) is 24.3 Å². The van der Waals surface area contributed by atoms with E-state index in [9.17, 15) is 5.11 Å². The number of hydrogen-bond donors (Lipinski definition) is 2. The number of nitrogens with one attached hydrogen (secondary N) is 1. The van der Waals surface area contributed by atoms with Crippen LogP contribution < -0.4 is 5.32 Å². The van der Waals surface area contributed by atoms with Gasteiger partial charge in [0.05, 0.1) is 19.3 Å². The van der Waals surface area contributed by atoms with Gasteiger partial charge in [0.2, 0.25) is 0 Å². The smallest absolute Gasteiger partial charge is 0.0897 e. The second kappa shape index (κ2) is 9.42. The van der Waals surface area contributed by atoms with Crippen molar-refractivity contribution >= 4 is 11.6 Å². The van der Waals surface area contributed by atoms with Gasteiger partial charge in [-0.1, -0.05) is 43.0 Å². The number of benzene rings is 1. The molecular formula is C17H26ClNO2. The molecule has 1 unspecified atom stereocenters. The summed E-state index contributed by atoms with van der Waals surface area (Å²) >= 11 is 5.83. The zero-order chi connectivity index (χ0) is 14.9. The third kappa shape index (κ3) is 6.79. The van der Waals surface area contributed by atoms with E-state index in [1.54, 1.807) is 0 Å². The lowest BCUT2D eigenvalue weighted by molar-refractivity contribution is 0.0283. The fraction of sp³-hybridized carbons (Fsp3) is 0.647. The van der Waals surface area contributed by atoms with Crippen LogP contribution in [0, 0.1) is 5.92 Å². The lowest BCUT2D eigenvalue weighted by atomic mass is 9.89. The molecule has 0 spiro atoms. The molecule has 1 aliphatic rings. The minimum Gasteiger partial charge on any atom is -0.389 e. The topological polar surface area (TPSA) is 41.5 Å². The summed E-state index contributed by atoms with van der Waals surface area (Å²) in [5, 5.41) is 14.0. The molecule has 0 heterocycles. The van der Waals surface area contributed by atoms with Gasteiger partial charge >= 0.3 is 0 Å². The van der Waals surface area contributed by atoms with Gasteiger partial charge in [-0.15, -0.1) is 0 Å². The predicted molar refractivity (Wildman–Crippen MR) is 86.6 cm³/mol. The van der Waals surface area contributed by atoms with Crippen molar-refractivity contribution in [2.45, 2.75) is 44.8 Å². The molecule has 2 rings (SSSR count). The van der Waals surface area contributed by atoms with Crippen molar-refractivity contribution in [2.75, 3.05) is 19.7 Å². The first-order chi connectivity index (χ1) is 10.2. The maximum absolute atomic E-state index is 9.89. The Morgan fingerprint density at radius 1 is 1.19 bits per heavy atom. The second-order valence-electron chi connectivity index (χ2n) is 5.96. The first kappa shape index (κ1) is 16.8. The summed E-state index contributed by atoms with van der Waals surface area (Å²) in [5.74, 6) is 0.793. The van der Waals surface area contributed by atoms with Crippen LogP contribution in [-0.4, -0.2) is 30.9 Å². The van der Waals surface area contributed by atoms with E-state index < -0.39 is 6.10 Å². The third-order valence-electron chi connectivity index (χ3n) is 4.03. The molecule has 4 heteroatoms. The summed E-state index contributed by atoms with van der Waals surface area (Å²) in [6, 6.07) is 7.58. The minimum absolute atomic E-state index is 0.361. The second-order valence-corrected chi connectivity index (χ2v) is 6.39. The van der Waals surface area contributed by atoms with E-state index >= 15 is 0 Å². The average molecular weight is 312 g/mol. The Kier molecular flexibility index (Phi) is 7.51. The zero-order valence-corrected chi connectivity index (χ0v) is 13.3. The Labute approximate surface area is 132 Å². The Morgan fingerprint density at radius 3 is 2.62 bits per heavy atom. The summed E-state index contributed by atoms with van der Waals surface area (Å²) in [4.78, 5) is 0. The standard InChI is InChI=1S/C17H26ClNO2/c18-16-8-6-15(7-9-16)12-21-13-17(20)11-19-10-14-4-2-1-3-5-14/h6-9,14,17,19-20H,1-5,10-13H2. The maximum atomic E-state index is 9.89. The van der Waals surface area contributed by atoms with E-state index in [1.165, 1.54) is 32.1 Å². The molecule has 3 nitrogen and oxygen atoms in total. The van der Waals surface area contributed by atoms with Crippen molar-refractivity contribution in [3.05, 3.63) is 34.9 Å². The Balaban J connectivity index is 1.52. The van der Waals surface area contributed by atoms with E-state index in [4.69, 9.17) is 16.3 Å². The van der Waals surface area contributed by atoms with Gasteiger partial charge in [-0.25, -0.2) is 0 Å². The molecule has 0 saturated heterocycles. The highest BCUT2D eigenvalue weighted by molar-refractivity contribution is 6.30. The van der Waals surface area contributed by atoms with Crippen LogP contribution in [0.2, 0.25) is 5.02 Å². The van der Waals surface area contributed by atoms with Crippen molar-refractivity contribution in [3.8, 4) is 0 Å². The largest absolute Gasteiger partial charge is 0.389 e. The first-order valence-electron chi connectivity index (χ1n) is 7.95. The lowest BCUT2D eigenvalue weighted by Gasteiger charge is -2.22. The number of aliphatic hydroxyl groups excluding tert-OH is 1. The van der Waals surface area contributed by atoms with E-state index in [0.717, 1.165) is 23.0 Å². The Bertz CT molecular complexity index is 390. The van der Waals surface area contributed by atoms with Crippen molar-refractivity contribution in [2.24, 2.45) is 5.92 Å². The molecule has 0 radical (unpaired) electrons. The van der Waals surface area contributed by atoms with Gasteiger partial charge in [-0.2, -0.15) is 0 Å². The van der Waals surface area contributed by atoms with Crippen molar-refractivity contribution in [1.82, 2.24) is 5.32 Å². The number of halogens is 1. The van der Waals surface area contributed by atoms with Crippen LogP contribution in [0.15, 0.2) is 24.3 Å². The van der Waals surface area contributed by atoms with Crippen LogP contribution in [0.1, 0.15) is 37.7 Å². The molecule has 1 atom stereocenters. The fourth-order valence-corrected chi connectivity index (χ4v) is 2.92. The fourth-order valence-electron chi connectivity index (χ4n) is 2.80. The van der Waals surface area contributed by atoms with Gasteiger partial charge in [-0.3, -0.25) is 0 Å². The van der Waals surface area contributed by atoms with Crippen LogP contribution in [0.4, 0.5) is 0 Å². The predicted octanol–water partition coefficient (Wildman–Crippen LogP) is 3.39. The van der Waals surface area contributed by atoms with Crippen molar-refractivity contribution in [3.63, 3.8) is 0 Å². The highest BCUT2D eigenvalue weighted by Gasteiger charge is 2.13. The Hall–Kier alpha value is -0.610.